The van der Waals surface area contributed by atoms with Gasteiger partial charge in [-0.25, -0.2) is 0 Å². The molecule has 6 nitrogen and oxygen atoms in total. The Morgan fingerprint density at radius 1 is 1.15 bits per heavy atom. The van der Waals surface area contributed by atoms with E-state index < -0.39 is 0 Å². The fourth-order valence-electron chi connectivity index (χ4n) is 4.15. The topological polar surface area (TPSA) is 87.3 Å². The van der Waals surface area contributed by atoms with Gasteiger partial charge in [0.05, 0.1) is 11.1 Å². The van der Waals surface area contributed by atoms with Crippen molar-refractivity contribution in [2.45, 2.75) is 64.1 Å². The van der Waals surface area contributed by atoms with Gasteiger partial charge in [-0.1, -0.05) is 23.7 Å². The minimum atomic E-state index is -0.210. The minimum Gasteiger partial charge on any atom is -0.351 e. The standard InChI is InChI=1S/C19H26ClN5O/c1-18(2)10-14(11-19(3,4)25-18)21-17-22-16(26)15(23-24-17)9-12-5-7-13(20)8-6-12/h5-8,14,25H,9-11H2,1-4H3,(H2,21,22,24,26)/p+1. The first-order valence-electron chi connectivity index (χ1n) is 8.96. The number of halogens is 1. The Morgan fingerprint density at radius 2 is 1.77 bits per heavy atom. The van der Waals surface area contributed by atoms with Crippen LogP contribution in [0.15, 0.2) is 29.1 Å². The van der Waals surface area contributed by atoms with Gasteiger partial charge in [-0.2, -0.15) is 0 Å². The van der Waals surface area contributed by atoms with Crippen molar-refractivity contribution in [2.24, 2.45) is 0 Å². The van der Waals surface area contributed by atoms with E-state index in [4.69, 9.17) is 11.6 Å². The second-order valence-corrected chi connectivity index (χ2v) is 9.06. The fraction of sp³-hybridized carbons (Fsp3) is 0.526. The molecular weight excluding hydrogens is 350 g/mol. The summed E-state index contributed by atoms with van der Waals surface area (Å²) in [5, 5.41) is 14.8. The van der Waals surface area contributed by atoms with Crippen LogP contribution in [-0.4, -0.2) is 32.3 Å². The minimum absolute atomic E-state index is 0.141. The fourth-order valence-corrected chi connectivity index (χ4v) is 4.28. The Morgan fingerprint density at radius 3 is 2.35 bits per heavy atom. The highest BCUT2D eigenvalue weighted by molar-refractivity contribution is 6.30. The van der Waals surface area contributed by atoms with E-state index in [1.807, 2.05) is 12.1 Å². The zero-order chi connectivity index (χ0) is 18.9. The Hall–Kier alpha value is -1.92. The van der Waals surface area contributed by atoms with Crippen LogP contribution < -0.4 is 16.2 Å². The first-order valence-corrected chi connectivity index (χ1v) is 9.34. The summed E-state index contributed by atoms with van der Waals surface area (Å²) in [5.41, 5.74) is 1.44. The maximum Gasteiger partial charge on any atom is 0.274 e. The van der Waals surface area contributed by atoms with Crippen molar-refractivity contribution >= 4 is 17.5 Å². The van der Waals surface area contributed by atoms with Crippen LogP contribution in [0.25, 0.3) is 0 Å². The van der Waals surface area contributed by atoms with Gasteiger partial charge in [-0.3, -0.25) is 9.78 Å². The molecule has 1 aromatic carbocycles. The molecule has 26 heavy (non-hydrogen) atoms. The third-order valence-corrected chi connectivity index (χ3v) is 4.97. The molecule has 2 aromatic rings. The van der Waals surface area contributed by atoms with E-state index in [0.717, 1.165) is 18.4 Å². The predicted octanol–water partition coefficient (Wildman–Crippen LogP) is 2.10. The van der Waals surface area contributed by atoms with Gasteiger partial charge in [0.1, 0.15) is 5.69 Å². The summed E-state index contributed by atoms with van der Waals surface area (Å²) < 4.78 is 0. The number of hydrogen-bond donors (Lipinski definition) is 3. The molecule has 3 rings (SSSR count). The lowest BCUT2D eigenvalue weighted by atomic mass is 9.80. The van der Waals surface area contributed by atoms with Crippen LogP contribution in [0, 0.1) is 0 Å². The smallest absolute Gasteiger partial charge is 0.274 e. The number of piperidine rings is 1. The molecule has 140 valence electrons. The summed E-state index contributed by atoms with van der Waals surface area (Å²) in [6.07, 6.45) is 2.41. The Labute approximate surface area is 158 Å². The number of aromatic nitrogens is 3. The molecule has 0 aliphatic carbocycles. The Balaban J connectivity index is 1.71. The SMILES string of the molecule is CC1(C)CC(Nc2nnc(Cc3ccc(Cl)cc3)c(=O)[nH]2)CC(C)(C)[NH2+]1. The van der Waals surface area contributed by atoms with Gasteiger partial charge in [-0.05, 0) is 45.4 Å². The number of nitrogens with one attached hydrogen (secondary N) is 2. The maximum atomic E-state index is 12.4. The molecule has 2 heterocycles. The molecule has 0 bridgehead atoms. The van der Waals surface area contributed by atoms with Crippen molar-refractivity contribution in [3.8, 4) is 0 Å². The quantitative estimate of drug-likeness (QED) is 0.762. The number of H-pyrrole nitrogens is 1. The molecule has 1 aliphatic heterocycles. The first-order chi connectivity index (χ1) is 12.1. The number of rotatable bonds is 4. The Kier molecular flexibility index (Phi) is 5.08. The summed E-state index contributed by atoms with van der Waals surface area (Å²) in [5.74, 6) is 0.438. The monoisotopic (exact) mass is 376 g/mol. The number of quaternary nitrogens is 1. The van der Waals surface area contributed by atoms with Crippen LogP contribution in [0.5, 0.6) is 0 Å². The van der Waals surface area contributed by atoms with E-state index in [1.54, 1.807) is 12.1 Å². The normalized spacial score (nSPS) is 19.3. The molecule has 0 unspecified atom stereocenters. The van der Waals surface area contributed by atoms with Crippen LogP contribution in [0.2, 0.25) is 5.02 Å². The molecule has 1 aromatic heterocycles. The summed E-state index contributed by atoms with van der Waals surface area (Å²) >= 11 is 5.89. The lowest BCUT2D eigenvalue weighted by Crippen LogP contribution is -3.06. The van der Waals surface area contributed by atoms with Gasteiger partial charge in [0.25, 0.3) is 5.56 Å². The highest BCUT2D eigenvalue weighted by Gasteiger charge is 2.41. The lowest BCUT2D eigenvalue weighted by molar-refractivity contribution is -0.787. The van der Waals surface area contributed by atoms with E-state index in [1.165, 1.54) is 0 Å². The van der Waals surface area contributed by atoms with Crippen molar-refractivity contribution < 1.29 is 5.32 Å². The molecule has 7 heteroatoms. The molecule has 0 radical (unpaired) electrons. The molecule has 0 spiro atoms. The van der Waals surface area contributed by atoms with Crippen molar-refractivity contribution in [3.05, 3.63) is 50.9 Å². The van der Waals surface area contributed by atoms with E-state index in [0.29, 0.717) is 23.1 Å². The highest BCUT2D eigenvalue weighted by atomic mass is 35.5. The van der Waals surface area contributed by atoms with E-state index in [2.05, 4.69) is 53.5 Å². The molecule has 1 aliphatic rings. The zero-order valence-electron chi connectivity index (χ0n) is 15.8. The van der Waals surface area contributed by atoms with Crippen LogP contribution in [-0.2, 0) is 6.42 Å². The van der Waals surface area contributed by atoms with Crippen molar-refractivity contribution in [1.29, 1.82) is 0 Å². The largest absolute Gasteiger partial charge is 0.351 e. The third kappa shape index (κ3) is 4.83. The number of aromatic amines is 1. The van der Waals surface area contributed by atoms with Crippen LogP contribution >= 0.6 is 11.6 Å². The number of nitrogens with zero attached hydrogens (tertiary/aromatic N) is 2. The summed E-state index contributed by atoms with van der Waals surface area (Å²) in [4.78, 5) is 15.2. The summed E-state index contributed by atoms with van der Waals surface area (Å²) in [6.45, 7) is 8.97. The van der Waals surface area contributed by atoms with Gasteiger partial charge >= 0.3 is 0 Å². The van der Waals surface area contributed by atoms with E-state index in [9.17, 15) is 4.79 Å². The number of benzene rings is 1. The second kappa shape index (κ2) is 7.00. The van der Waals surface area contributed by atoms with Crippen molar-refractivity contribution in [2.75, 3.05) is 5.32 Å². The average molecular weight is 377 g/mol. The van der Waals surface area contributed by atoms with Gasteiger partial charge in [0, 0.05) is 30.3 Å². The molecule has 1 saturated heterocycles. The van der Waals surface area contributed by atoms with E-state index in [-0.39, 0.29) is 22.7 Å². The van der Waals surface area contributed by atoms with Crippen molar-refractivity contribution in [3.63, 3.8) is 0 Å². The van der Waals surface area contributed by atoms with Gasteiger partial charge in [-0.15, -0.1) is 10.2 Å². The summed E-state index contributed by atoms with van der Waals surface area (Å²) in [6, 6.07) is 7.63. The molecule has 4 N–H and O–H groups in total. The lowest BCUT2D eigenvalue weighted by Gasteiger charge is -2.43. The number of nitrogens with two attached hydrogens (primary N) is 1. The average Bonchev–Trinajstić information content (AvgIpc) is 2.49. The van der Waals surface area contributed by atoms with Crippen LogP contribution in [0.1, 0.15) is 51.8 Å². The van der Waals surface area contributed by atoms with Crippen LogP contribution in [0.3, 0.4) is 0 Å². The molecular formula is C19H27ClN5O+. The Bertz CT molecular complexity index is 813. The zero-order valence-corrected chi connectivity index (χ0v) is 16.5. The summed E-state index contributed by atoms with van der Waals surface area (Å²) in [7, 11) is 0. The van der Waals surface area contributed by atoms with Gasteiger partial charge in [0.2, 0.25) is 5.95 Å². The van der Waals surface area contributed by atoms with Gasteiger partial charge < -0.3 is 10.6 Å². The van der Waals surface area contributed by atoms with Crippen LogP contribution in [0.4, 0.5) is 5.95 Å². The molecule has 0 atom stereocenters. The highest BCUT2D eigenvalue weighted by Crippen LogP contribution is 2.23. The van der Waals surface area contributed by atoms with E-state index >= 15 is 0 Å². The van der Waals surface area contributed by atoms with Gasteiger partial charge in [0.15, 0.2) is 0 Å². The second-order valence-electron chi connectivity index (χ2n) is 8.62. The number of hydrogen-bond acceptors (Lipinski definition) is 4. The molecule has 0 saturated carbocycles. The molecule has 0 amide bonds. The number of anilines is 1. The molecule has 1 fully saturated rings. The third-order valence-electron chi connectivity index (χ3n) is 4.72. The predicted molar refractivity (Wildman–Crippen MR) is 104 cm³/mol. The van der Waals surface area contributed by atoms with Crippen molar-refractivity contribution in [1.82, 2.24) is 15.2 Å². The first kappa shape index (κ1) is 18.9. The maximum absolute atomic E-state index is 12.4.